The summed E-state index contributed by atoms with van der Waals surface area (Å²) in [7, 11) is 0. The number of carbonyl (C=O) groups excluding carboxylic acids is 2. The fourth-order valence-electron chi connectivity index (χ4n) is 2.43. The highest BCUT2D eigenvalue weighted by Crippen LogP contribution is 2.19. The van der Waals surface area contributed by atoms with Crippen LogP contribution in [0.3, 0.4) is 0 Å². The number of benzene rings is 1. The molecule has 25 heavy (non-hydrogen) atoms. The topological polar surface area (TPSA) is 55.4 Å². The third kappa shape index (κ3) is 7.45. The van der Waals surface area contributed by atoms with Crippen LogP contribution in [0, 0.1) is 11.6 Å². The van der Waals surface area contributed by atoms with Gasteiger partial charge in [-0.2, -0.15) is 0 Å². The van der Waals surface area contributed by atoms with Crippen molar-refractivity contribution in [1.29, 1.82) is 0 Å². The second kappa shape index (κ2) is 8.74. The molecule has 0 saturated carbocycles. The van der Waals surface area contributed by atoms with E-state index < -0.39 is 29.4 Å². The molecule has 1 rings (SSSR count). The van der Waals surface area contributed by atoms with Crippen LogP contribution in [-0.2, 0) is 22.4 Å². The Labute approximate surface area is 147 Å². The first-order chi connectivity index (χ1) is 11.5. The van der Waals surface area contributed by atoms with Crippen LogP contribution < -0.4 is 5.32 Å². The van der Waals surface area contributed by atoms with E-state index in [0.29, 0.717) is 17.5 Å². The standard InChI is InChI=1S/C19H25F2NO3/c1-6-7-13-10-16(20)17(21)11-14(13)9-15(8-12(2)23)22-18(24)25-19(3,4)5/h6,10-11,15H,1,7-9H2,2-5H3,(H,22,24)/t15-/m0/s1. The summed E-state index contributed by atoms with van der Waals surface area (Å²) >= 11 is 0. The summed E-state index contributed by atoms with van der Waals surface area (Å²) in [4.78, 5) is 23.5. The van der Waals surface area contributed by atoms with Crippen molar-refractivity contribution in [3.05, 3.63) is 47.5 Å². The summed E-state index contributed by atoms with van der Waals surface area (Å²) in [5, 5.41) is 2.63. The molecule has 0 aliphatic rings. The van der Waals surface area contributed by atoms with Gasteiger partial charge in [-0.15, -0.1) is 6.58 Å². The number of ether oxygens (including phenoxy) is 1. The minimum atomic E-state index is -0.971. The number of nitrogens with one attached hydrogen (secondary N) is 1. The first kappa shape index (κ1) is 20.8. The maximum absolute atomic E-state index is 13.6. The molecule has 0 saturated heterocycles. The molecule has 0 unspecified atom stereocenters. The fourth-order valence-corrected chi connectivity index (χ4v) is 2.43. The van der Waals surface area contributed by atoms with E-state index in [1.54, 1.807) is 26.8 Å². The number of halogens is 2. The van der Waals surface area contributed by atoms with Gasteiger partial charge < -0.3 is 10.1 Å². The number of Topliss-reactive ketones (excluding diaryl/α,β-unsaturated/α-hetero) is 1. The van der Waals surface area contributed by atoms with Crippen molar-refractivity contribution in [3.8, 4) is 0 Å². The van der Waals surface area contributed by atoms with E-state index in [1.165, 1.54) is 6.92 Å². The van der Waals surface area contributed by atoms with Crippen LogP contribution in [0.25, 0.3) is 0 Å². The molecular formula is C19H25F2NO3. The molecule has 0 aromatic heterocycles. The highest BCUT2D eigenvalue weighted by atomic mass is 19.2. The van der Waals surface area contributed by atoms with E-state index in [-0.39, 0.29) is 18.6 Å². The number of allylic oxidation sites excluding steroid dienone is 1. The van der Waals surface area contributed by atoms with Gasteiger partial charge in [0.1, 0.15) is 11.4 Å². The predicted octanol–water partition coefficient (Wildman–Crippen LogP) is 4.11. The minimum absolute atomic E-state index is 0.0613. The minimum Gasteiger partial charge on any atom is -0.444 e. The Bertz CT molecular complexity index is 651. The number of carbonyl (C=O) groups is 2. The van der Waals surface area contributed by atoms with E-state index in [1.807, 2.05) is 0 Å². The van der Waals surface area contributed by atoms with Gasteiger partial charge in [0, 0.05) is 12.5 Å². The van der Waals surface area contributed by atoms with E-state index in [4.69, 9.17) is 4.74 Å². The normalized spacial score (nSPS) is 12.4. The Balaban J connectivity index is 3.01. The van der Waals surface area contributed by atoms with Gasteiger partial charge >= 0.3 is 6.09 Å². The van der Waals surface area contributed by atoms with Crippen LogP contribution in [0.4, 0.5) is 13.6 Å². The molecule has 0 fully saturated rings. The molecule has 0 spiro atoms. The van der Waals surface area contributed by atoms with Crippen molar-refractivity contribution in [2.24, 2.45) is 0 Å². The quantitative estimate of drug-likeness (QED) is 0.751. The maximum atomic E-state index is 13.6. The largest absolute Gasteiger partial charge is 0.444 e. The summed E-state index contributed by atoms with van der Waals surface area (Å²) < 4.78 is 32.3. The zero-order valence-electron chi connectivity index (χ0n) is 15.1. The Morgan fingerprint density at radius 1 is 1.24 bits per heavy atom. The highest BCUT2D eigenvalue weighted by Gasteiger charge is 2.22. The summed E-state index contributed by atoms with van der Waals surface area (Å²) in [6.07, 6.45) is 1.51. The summed E-state index contributed by atoms with van der Waals surface area (Å²) in [6.45, 7) is 10.2. The third-order valence-corrected chi connectivity index (χ3v) is 3.33. The van der Waals surface area contributed by atoms with E-state index in [9.17, 15) is 18.4 Å². The lowest BCUT2D eigenvalue weighted by Crippen LogP contribution is -2.41. The van der Waals surface area contributed by atoms with Gasteiger partial charge in [0.15, 0.2) is 11.6 Å². The third-order valence-electron chi connectivity index (χ3n) is 3.33. The van der Waals surface area contributed by atoms with E-state index in [0.717, 1.165) is 12.1 Å². The summed E-state index contributed by atoms with van der Waals surface area (Å²) in [5.74, 6) is -2.04. The van der Waals surface area contributed by atoms with Gasteiger partial charge in [-0.1, -0.05) is 6.08 Å². The Hall–Kier alpha value is -2.24. The van der Waals surface area contributed by atoms with Crippen LogP contribution in [-0.4, -0.2) is 23.5 Å². The van der Waals surface area contributed by atoms with Gasteiger partial charge in [0.05, 0.1) is 0 Å². The number of amides is 1. The molecule has 0 bridgehead atoms. The summed E-state index contributed by atoms with van der Waals surface area (Å²) in [6, 6.07) is 1.63. The van der Waals surface area contributed by atoms with Gasteiger partial charge in [-0.25, -0.2) is 13.6 Å². The molecule has 0 heterocycles. The van der Waals surface area contributed by atoms with Crippen LogP contribution in [0.15, 0.2) is 24.8 Å². The molecule has 1 atom stereocenters. The van der Waals surface area contributed by atoms with Crippen LogP contribution in [0.2, 0.25) is 0 Å². The van der Waals surface area contributed by atoms with Crippen molar-refractivity contribution >= 4 is 11.9 Å². The zero-order chi connectivity index (χ0) is 19.2. The van der Waals surface area contributed by atoms with Crippen molar-refractivity contribution in [2.75, 3.05) is 0 Å². The lowest BCUT2D eigenvalue weighted by Gasteiger charge is -2.24. The van der Waals surface area contributed by atoms with Gasteiger partial charge in [-0.05, 0) is 63.8 Å². The van der Waals surface area contributed by atoms with E-state index >= 15 is 0 Å². The molecule has 0 radical (unpaired) electrons. The number of hydrogen-bond acceptors (Lipinski definition) is 3. The molecule has 0 aliphatic heterocycles. The van der Waals surface area contributed by atoms with Crippen molar-refractivity contribution in [3.63, 3.8) is 0 Å². The Morgan fingerprint density at radius 3 is 2.28 bits per heavy atom. The molecule has 1 N–H and O–H groups in total. The number of hydrogen-bond donors (Lipinski definition) is 1. The number of rotatable bonds is 7. The first-order valence-corrected chi connectivity index (χ1v) is 8.08. The average molecular weight is 353 g/mol. The summed E-state index contributed by atoms with van der Waals surface area (Å²) in [5.41, 5.74) is 0.399. The van der Waals surface area contributed by atoms with Crippen molar-refractivity contribution in [1.82, 2.24) is 5.32 Å². The predicted molar refractivity (Wildman–Crippen MR) is 92.4 cm³/mol. The molecular weight excluding hydrogens is 328 g/mol. The molecule has 6 heteroatoms. The highest BCUT2D eigenvalue weighted by molar-refractivity contribution is 5.77. The number of alkyl carbamates (subject to hydrolysis) is 1. The molecule has 1 aromatic carbocycles. The van der Waals surface area contributed by atoms with E-state index in [2.05, 4.69) is 11.9 Å². The molecule has 1 aromatic rings. The van der Waals surface area contributed by atoms with Crippen LogP contribution in [0.1, 0.15) is 45.2 Å². The lowest BCUT2D eigenvalue weighted by molar-refractivity contribution is -0.117. The smallest absolute Gasteiger partial charge is 0.407 e. The number of ketones is 1. The molecule has 0 aliphatic carbocycles. The van der Waals surface area contributed by atoms with Gasteiger partial charge in [0.2, 0.25) is 0 Å². The monoisotopic (exact) mass is 353 g/mol. The fraction of sp³-hybridized carbons (Fsp3) is 0.474. The second-order valence-corrected chi connectivity index (χ2v) is 6.98. The lowest BCUT2D eigenvalue weighted by atomic mass is 9.95. The first-order valence-electron chi connectivity index (χ1n) is 8.08. The van der Waals surface area contributed by atoms with Crippen LogP contribution >= 0.6 is 0 Å². The maximum Gasteiger partial charge on any atom is 0.407 e. The SMILES string of the molecule is C=CCc1cc(F)c(F)cc1C[C@H](CC(C)=O)NC(=O)OC(C)(C)C. The molecule has 1 amide bonds. The van der Waals surface area contributed by atoms with Crippen molar-refractivity contribution in [2.45, 2.75) is 58.6 Å². The zero-order valence-corrected chi connectivity index (χ0v) is 15.1. The molecule has 4 nitrogen and oxygen atoms in total. The molecule has 138 valence electrons. The average Bonchev–Trinajstić information content (AvgIpc) is 2.41. The second-order valence-electron chi connectivity index (χ2n) is 6.98. The van der Waals surface area contributed by atoms with Crippen molar-refractivity contribution < 1.29 is 23.1 Å². The van der Waals surface area contributed by atoms with Gasteiger partial charge in [-0.3, -0.25) is 4.79 Å². The Kier molecular flexibility index (Phi) is 7.27. The Morgan fingerprint density at radius 2 is 1.80 bits per heavy atom. The van der Waals surface area contributed by atoms with Gasteiger partial charge in [0.25, 0.3) is 0 Å². The van der Waals surface area contributed by atoms with Crippen LogP contribution in [0.5, 0.6) is 0 Å².